The summed E-state index contributed by atoms with van der Waals surface area (Å²) in [7, 11) is 0. The maximum absolute atomic E-state index is 12.0. The third-order valence-electron chi connectivity index (χ3n) is 4.68. The molecule has 2 aliphatic rings. The standard InChI is InChI=1S/C15H29N3O2/c1-2-17-8-10-18(11-9-17)12-14(19)16-13-15(20)6-4-3-5-7-15/h20H,2-13H2,1H3,(H,16,19). The zero-order valence-electron chi connectivity index (χ0n) is 12.7. The molecule has 5 nitrogen and oxygen atoms in total. The number of likely N-dealkylation sites (N-methyl/N-ethyl adjacent to an activating group) is 1. The number of nitrogens with one attached hydrogen (secondary N) is 1. The van der Waals surface area contributed by atoms with Crippen LogP contribution >= 0.6 is 0 Å². The van der Waals surface area contributed by atoms with E-state index in [2.05, 4.69) is 22.0 Å². The van der Waals surface area contributed by atoms with E-state index >= 15 is 0 Å². The lowest BCUT2D eigenvalue weighted by atomic mass is 9.85. The molecule has 2 rings (SSSR count). The Morgan fingerprint density at radius 3 is 2.30 bits per heavy atom. The van der Waals surface area contributed by atoms with Crippen LogP contribution < -0.4 is 5.32 Å². The molecule has 0 atom stereocenters. The van der Waals surface area contributed by atoms with Crippen molar-refractivity contribution in [2.45, 2.75) is 44.6 Å². The predicted octanol–water partition coefficient (Wildman–Crippen LogP) is 0.435. The fraction of sp³-hybridized carbons (Fsp3) is 0.933. The SMILES string of the molecule is CCN1CCN(CC(=O)NCC2(O)CCCCC2)CC1. The summed E-state index contributed by atoms with van der Waals surface area (Å²) in [5, 5.41) is 13.3. The maximum Gasteiger partial charge on any atom is 0.234 e. The predicted molar refractivity (Wildman–Crippen MR) is 79.6 cm³/mol. The molecule has 20 heavy (non-hydrogen) atoms. The molecule has 1 amide bonds. The fourth-order valence-electron chi connectivity index (χ4n) is 3.17. The van der Waals surface area contributed by atoms with E-state index in [4.69, 9.17) is 0 Å². The minimum Gasteiger partial charge on any atom is -0.388 e. The van der Waals surface area contributed by atoms with Gasteiger partial charge in [-0.25, -0.2) is 0 Å². The van der Waals surface area contributed by atoms with Gasteiger partial charge in [0.15, 0.2) is 0 Å². The summed E-state index contributed by atoms with van der Waals surface area (Å²) in [5.41, 5.74) is -0.658. The molecule has 1 saturated carbocycles. The van der Waals surface area contributed by atoms with Gasteiger partial charge in [-0.2, -0.15) is 0 Å². The highest BCUT2D eigenvalue weighted by Crippen LogP contribution is 2.27. The van der Waals surface area contributed by atoms with Gasteiger partial charge in [0.2, 0.25) is 5.91 Å². The van der Waals surface area contributed by atoms with Gasteiger partial charge in [-0.05, 0) is 19.4 Å². The molecule has 0 aromatic carbocycles. The quantitative estimate of drug-likeness (QED) is 0.768. The third kappa shape index (κ3) is 4.72. The van der Waals surface area contributed by atoms with Crippen molar-refractivity contribution in [1.82, 2.24) is 15.1 Å². The largest absolute Gasteiger partial charge is 0.388 e. The van der Waals surface area contributed by atoms with Crippen LogP contribution in [0.15, 0.2) is 0 Å². The molecule has 0 spiro atoms. The zero-order valence-corrected chi connectivity index (χ0v) is 12.7. The number of piperazine rings is 1. The fourth-order valence-corrected chi connectivity index (χ4v) is 3.17. The van der Waals surface area contributed by atoms with Crippen LogP contribution in [0.4, 0.5) is 0 Å². The summed E-state index contributed by atoms with van der Waals surface area (Å²) in [6.45, 7) is 8.17. The van der Waals surface area contributed by atoms with Gasteiger partial charge in [-0.15, -0.1) is 0 Å². The van der Waals surface area contributed by atoms with Crippen molar-refractivity contribution in [3.8, 4) is 0 Å². The van der Waals surface area contributed by atoms with Crippen LogP contribution in [0.5, 0.6) is 0 Å². The van der Waals surface area contributed by atoms with E-state index in [0.29, 0.717) is 13.1 Å². The second-order valence-electron chi connectivity index (χ2n) is 6.27. The summed E-state index contributed by atoms with van der Waals surface area (Å²) in [4.78, 5) is 16.6. The van der Waals surface area contributed by atoms with Gasteiger partial charge in [0.1, 0.15) is 0 Å². The highest BCUT2D eigenvalue weighted by Gasteiger charge is 2.29. The molecule has 1 aliphatic heterocycles. The first-order chi connectivity index (χ1) is 9.61. The summed E-state index contributed by atoms with van der Waals surface area (Å²) in [5.74, 6) is 0.0500. The number of rotatable bonds is 5. The second kappa shape index (κ2) is 7.38. The van der Waals surface area contributed by atoms with Crippen LogP contribution in [0, 0.1) is 0 Å². The second-order valence-corrected chi connectivity index (χ2v) is 6.27. The van der Waals surface area contributed by atoms with Crippen LogP contribution in [0.3, 0.4) is 0 Å². The Balaban J connectivity index is 1.65. The van der Waals surface area contributed by atoms with E-state index < -0.39 is 5.60 Å². The van der Waals surface area contributed by atoms with E-state index in [0.717, 1.165) is 58.4 Å². The van der Waals surface area contributed by atoms with Gasteiger partial charge >= 0.3 is 0 Å². The molecule has 1 heterocycles. The number of amides is 1. The first kappa shape index (κ1) is 15.7. The minimum atomic E-state index is -0.658. The molecule has 0 unspecified atom stereocenters. The van der Waals surface area contributed by atoms with E-state index in [1.54, 1.807) is 0 Å². The van der Waals surface area contributed by atoms with Crippen molar-refractivity contribution < 1.29 is 9.90 Å². The van der Waals surface area contributed by atoms with Crippen molar-refractivity contribution in [1.29, 1.82) is 0 Å². The molecule has 1 aliphatic carbocycles. The van der Waals surface area contributed by atoms with Gasteiger partial charge in [-0.1, -0.05) is 26.2 Å². The Hall–Kier alpha value is -0.650. The third-order valence-corrected chi connectivity index (χ3v) is 4.68. The number of aliphatic hydroxyl groups is 1. The topological polar surface area (TPSA) is 55.8 Å². The van der Waals surface area contributed by atoms with Crippen LogP contribution in [0.2, 0.25) is 0 Å². The first-order valence-corrected chi connectivity index (χ1v) is 8.05. The highest BCUT2D eigenvalue weighted by molar-refractivity contribution is 5.78. The lowest BCUT2D eigenvalue weighted by molar-refractivity contribution is -0.124. The number of nitrogens with zero attached hydrogens (tertiary/aromatic N) is 2. The molecule has 2 N–H and O–H groups in total. The summed E-state index contributed by atoms with van der Waals surface area (Å²) in [6, 6.07) is 0. The Morgan fingerprint density at radius 2 is 1.70 bits per heavy atom. The zero-order chi connectivity index (χ0) is 14.4. The van der Waals surface area contributed by atoms with E-state index in [1.807, 2.05) is 0 Å². The first-order valence-electron chi connectivity index (χ1n) is 8.05. The van der Waals surface area contributed by atoms with Crippen molar-refractivity contribution in [2.75, 3.05) is 45.8 Å². The Bertz CT molecular complexity index is 308. The number of carbonyl (C=O) groups excluding carboxylic acids is 1. The molecular formula is C15H29N3O2. The number of hydrogen-bond acceptors (Lipinski definition) is 4. The molecule has 5 heteroatoms. The monoisotopic (exact) mass is 283 g/mol. The molecule has 116 valence electrons. The molecular weight excluding hydrogens is 254 g/mol. The van der Waals surface area contributed by atoms with Crippen molar-refractivity contribution in [3.05, 3.63) is 0 Å². The van der Waals surface area contributed by atoms with E-state index in [1.165, 1.54) is 6.42 Å². The van der Waals surface area contributed by atoms with Gasteiger partial charge < -0.3 is 15.3 Å². The Kier molecular flexibility index (Phi) is 5.81. The van der Waals surface area contributed by atoms with Crippen LogP contribution in [-0.4, -0.2) is 72.2 Å². The smallest absolute Gasteiger partial charge is 0.234 e. The van der Waals surface area contributed by atoms with Gasteiger partial charge in [0.25, 0.3) is 0 Å². The van der Waals surface area contributed by atoms with Gasteiger partial charge in [0, 0.05) is 32.7 Å². The van der Waals surface area contributed by atoms with Crippen molar-refractivity contribution in [3.63, 3.8) is 0 Å². The lowest BCUT2D eigenvalue weighted by Gasteiger charge is -2.34. The Labute approximate surface area is 122 Å². The summed E-state index contributed by atoms with van der Waals surface area (Å²) < 4.78 is 0. The van der Waals surface area contributed by atoms with Crippen LogP contribution in [0.1, 0.15) is 39.0 Å². The molecule has 0 radical (unpaired) electrons. The summed E-state index contributed by atoms with van der Waals surface area (Å²) in [6.07, 6.45) is 5.00. The van der Waals surface area contributed by atoms with Gasteiger partial charge in [-0.3, -0.25) is 9.69 Å². The van der Waals surface area contributed by atoms with Crippen LogP contribution in [0.25, 0.3) is 0 Å². The maximum atomic E-state index is 12.0. The average molecular weight is 283 g/mol. The van der Waals surface area contributed by atoms with E-state index in [-0.39, 0.29) is 5.91 Å². The van der Waals surface area contributed by atoms with E-state index in [9.17, 15) is 9.90 Å². The van der Waals surface area contributed by atoms with Crippen molar-refractivity contribution >= 4 is 5.91 Å². The minimum absolute atomic E-state index is 0.0500. The number of hydrogen-bond donors (Lipinski definition) is 2. The highest BCUT2D eigenvalue weighted by atomic mass is 16.3. The normalized spacial score (nSPS) is 24.5. The molecule has 0 aromatic heterocycles. The van der Waals surface area contributed by atoms with Crippen molar-refractivity contribution in [2.24, 2.45) is 0 Å². The van der Waals surface area contributed by atoms with Crippen LogP contribution in [-0.2, 0) is 4.79 Å². The molecule has 0 bridgehead atoms. The number of carbonyl (C=O) groups is 1. The Morgan fingerprint density at radius 1 is 1.10 bits per heavy atom. The molecule has 1 saturated heterocycles. The average Bonchev–Trinajstić information content (AvgIpc) is 2.47. The summed E-state index contributed by atoms with van der Waals surface area (Å²) >= 11 is 0. The molecule has 2 fully saturated rings. The lowest BCUT2D eigenvalue weighted by Crippen LogP contribution is -2.51. The van der Waals surface area contributed by atoms with Gasteiger partial charge in [0.05, 0.1) is 12.1 Å². The molecule has 0 aromatic rings.